The Hall–Kier alpha value is -3.38. The van der Waals surface area contributed by atoms with Crippen LogP contribution in [0.3, 0.4) is 0 Å². The second kappa shape index (κ2) is 10.9. The molecule has 0 aliphatic carbocycles. The van der Waals surface area contributed by atoms with Gasteiger partial charge in [-0.25, -0.2) is 23.9 Å². The molecular formula is C25H29BrFN5O5. The molecule has 2 aromatic heterocycles. The number of hydrogen-bond acceptors (Lipinski definition) is 9. The van der Waals surface area contributed by atoms with Crippen molar-refractivity contribution in [3.05, 3.63) is 46.4 Å². The van der Waals surface area contributed by atoms with Crippen LogP contribution in [0.4, 0.5) is 19.8 Å². The van der Waals surface area contributed by atoms with Gasteiger partial charge in [0, 0.05) is 18.2 Å². The van der Waals surface area contributed by atoms with E-state index in [1.54, 1.807) is 60.7 Å². The lowest BCUT2D eigenvalue weighted by atomic mass is 10.1. The molecule has 37 heavy (non-hydrogen) atoms. The maximum atomic E-state index is 14.8. The lowest BCUT2D eigenvalue weighted by molar-refractivity contribution is 0.0429. The second-order valence-corrected chi connectivity index (χ2v) is 10.9. The maximum absolute atomic E-state index is 14.8. The molecule has 0 atom stereocenters. The quantitative estimate of drug-likeness (QED) is 0.383. The first-order chi connectivity index (χ1) is 17.2. The molecule has 3 rings (SSSR count). The van der Waals surface area contributed by atoms with Gasteiger partial charge in [0.15, 0.2) is 17.3 Å². The van der Waals surface area contributed by atoms with E-state index in [0.29, 0.717) is 16.0 Å². The average molecular weight is 578 g/mol. The molecule has 0 unspecified atom stereocenters. The molecule has 0 spiro atoms. The van der Waals surface area contributed by atoms with Crippen LogP contribution in [0.15, 0.2) is 39.6 Å². The van der Waals surface area contributed by atoms with Gasteiger partial charge in [0.2, 0.25) is 0 Å². The van der Waals surface area contributed by atoms with Crippen LogP contribution in [-0.4, -0.2) is 45.6 Å². The molecule has 0 saturated carbocycles. The number of ether oxygens (including phenoxy) is 2. The van der Waals surface area contributed by atoms with E-state index in [4.69, 9.17) is 14.0 Å². The summed E-state index contributed by atoms with van der Waals surface area (Å²) in [7, 11) is 1.77. The Morgan fingerprint density at radius 3 is 2.24 bits per heavy atom. The third-order valence-corrected chi connectivity index (χ3v) is 4.90. The Kier molecular flexibility index (Phi) is 8.33. The van der Waals surface area contributed by atoms with Crippen molar-refractivity contribution in [2.75, 3.05) is 11.9 Å². The van der Waals surface area contributed by atoms with Gasteiger partial charge in [-0.2, -0.15) is 4.90 Å². The predicted octanol–water partition coefficient (Wildman–Crippen LogP) is 6.10. The van der Waals surface area contributed by atoms with E-state index in [2.05, 4.69) is 36.4 Å². The van der Waals surface area contributed by atoms with Crippen LogP contribution in [0, 0.1) is 5.82 Å². The fourth-order valence-corrected chi connectivity index (χ4v) is 3.43. The number of carbonyl (C=O) groups is 2. The smallest absolute Gasteiger partial charge is 0.425 e. The zero-order valence-corrected chi connectivity index (χ0v) is 23.3. The fourth-order valence-electron chi connectivity index (χ4n) is 3.15. The highest BCUT2D eigenvalue weighted by Crippen LogP contribution is 2.34. The first-order valence-electron chi connectivity index (χ1n) is 11.4. The number of nitrogens with zero attached hydrogens (tertiary/aromatic N) is 4. The van der Waals surface area contributed by atoms with E-state index in [1.807, 2.05) is 0 Å². The number of anilines is 1. The summed E-state index contributed by atoms with van der Waals surface area (Å²) in [4.78, 5) is 35.5. The van der Waals surface area contributed by atoms with Crippen molar-refractivity contribution in [2.24, 2.45) is 0 Å². The van der Waals surface area contributed by atoms with Crippen molar-refractivity contribution >= 4 is 33.9 Å². The summed E-state index contributed by atoms with van der Waals surface area (Å²) in [5.74, 6) is -0.661. The van der Waals surface area contributed by atoms with Crippen LogP contribution in [0.2, 0.25) is 0 Å². The first-order valence-corrected chi connectivity index (χ1v) is 12.2. The van der Waals surface area contributed by atoms with Crippen LogP contribution in [0.25, 0.3) is 22.7 Å². The zero-order valence-electron chi connectivity index (χ0n) is 21.7. The molecule has 2 heterocycles. The van der Waals surface area contributed by atoms with Crippen molar-refractivity contribution < 1.29 is 28.0 Å². The summed E-state index contributed by atoms with van der Waals surface area (Å²) in [6.45, 7) is 10.5. The highest BCUT2D eigenvalue weighted by Gasteiger charge is 2.36. The van der Waals surface area contributed by atoms with Gasteiger partial charge in [0.1, 0.15) is 27.3 Å². The molecule has 198 valence electrons. The Morgan fingerprint density at radius 1 is 1.08 bits per heavy atom. The van der Waals surface area contributed by atoms with Gasteiger partial charge < -0.3 is 19.3 Å². The van der Waals surface area contributed by atoms with Gasteiger partial charge in [0.25, 0.3) is 0 Å². The minimum Gasteiger partial charge on any atom is -0.443 e. The van der Waals surface area contributed by atoms with Crippen molar-refractivity contribution in [2.45, 2.75) is 59.3 Å². The Balaban J connectivity index is 2.10. The van der Waals surface area contributed by atoms with E-state index < -0.39 is 29.2 Å². The summed E-state index contributed by atoms with van der Waals surface area (Å²) in [5.41, 5.74) is -0.698. The molecule has 1 aromatic carbocycles. The largest absolute Gasteiger partial charge is 0.443 e. The molecule has 12 heteroatoms. The number of hydrogen-bond donors (Lipinski definition) is 1. The third kappa shape index (κ3) is 7.32. The minimum absolute atomic E-state index is 0.0166. The average Bonchev–Trinajstić information content (AvgIpc) is 3.22. The molecular weight excluding hydrogens is 549 g/mol. The van der Waals surface area contributed by atoms with Crippen LogP contribution < -0.4 is 10.2 Å². The first kappa shape index (κ1) is 28.2. The molecule has 0 aliphatic rings. The van der Waals surface area contributed by atoms with Gasteiger partial charge in [-0.1, -0.05) is 11.2 Å². The van der Waals surface area contributed by atoms with Crippen molar-refractivity contribution in [1.29, 1.82) is 0 Å². The molecule has 0 fully saturated rings. The van der Waals surface area contributed by atoms with E-state index in [1.165, 1.54) is 18.3 Å². The second-order valence-electron chi connectivity index (χ2n) is 10.1. The maximum Gasteiger partial charge on any atom is 0.425 e. The van der Waals surface area contributed by atoms with Crippen LogP contribution in [-0.2, 0) is 16.0 Å². The van der Waals surface area contributed by atoms with E-state index in [0.717, 1.165) is 5.56 Å². The van der Waals surface area contributed by atoms with Crippen LogP contribution in [0.1, 0.15) is 47.1 Å². The van der Waals surface area contributed by atoms with Gasteiger partial charge in [-0.15, -0.1) is 0 Å². The number of amides is 2. The summed E-state index contributed by atoms with van der Waals surface area (Å²) >= 11 is 3.25. The molecule has 3 aromatic rings. The minimum atomic E-state index is -1.02. The number of halogens is 2. The highest BCUT2D eigenvalue weighted by molar-refractivity contribution is 9.10. The van der Waals surface area contributed by atoms with Crippen LogP contribution >= 0.6 is 15.9 Å². The normalized spacial score (nSPS) is 11.8. The lowest BCUT2D eigenvalue weighted by Crippen LogP contribution is -2.44. The molecule has 0 aliphatic heterocycles. The summed E-state index contributed by atoms with van der Waals surface area (Å²) in [6.07, 6.45) is -0.742. The Labute approximate surface area is 222 Å². The zero-order chi connectivity index (χ0) is 27.5. The van der Waals surface area contributed by atoms with E-state index >= 15 is 0 Å². The molecule has 2 amide bonds. The van der Waals surface area contributed by atoms with Gasteiger partial charge >= 0.3 is 12.2 Å². The highest BCUT2D eigenvalue weighted by atomic mass is 79.9. The van der Waals surface area contributed by atoms with Gasteiger partial charge in [0.05, 0.1) is 6.20 Å². The topological polar surface area (TPSA) is 120 Å². The van der Waals surface area contributed by atoms with Crippen molar-refractivity contribution in [3.8, 4) is 22.7 Å². The lowest BCUT2D eigenvalue weighted by Gasteiger charge is -2.28. The van der Waals surface area contributed by atoms with Crippen molar-refractivity contribution in [1.82, 2.24) is 20.4 Å². The number of rotatable bonds is 5. The summed E-state index contributed by atoms with van der Waals surface area (Å²) in [6, 6.07) is 6.20. The number of imide groups is 1. The molecule has 0 bridgehead atoms. The molecule has 0 radical (unpaired) electrons. The van der Waals surface area contributed by atoms with E-state index in [-0.39, 0.29) is 28.5 Å². The number of nitrogens with one attached hydrogen (secondary N) is 1. The van der Waals surface area contributed by atoms with E-state index in [9.17, 15) is 14.0 Å². The number of aromatic nitrogens is 3. The number of carbonyl (C=O) groups excluding carboxylic acids is 2. The Morgan fingerprint density at radius 2 is 1.70 bits per heavy atom. The van der Waals surface area contributed by atoms with Crippen molar-refractivity contribution in [3.63, 3.8) is 0 Å². The standard InChI is InChI=1S/C25H29BrFN5O5/c1-24(2,3)35-22(33)32(23(34)36-25(4,5)6)21-20(30-19(26)13-29-21)18-11-17(31-37-18)15-9-8-14(12-28-7)10-16(15)27/h8-11,13,28H,12H2,1-7H3. The number of benzene rings is 1. The molecule has 0 saturated heterocycles. The fraction of sp³-hybridized carbons (Fsp3) is 0.400. The Bertz CT molecular complexity index is 1270. The van der Waals surface area contributed by atoms with Gasteiger partial charge in [-0.3, -0.25) is 0 Å². The predicted molar refractivity (Wildman–Crippen MR) is 138 cm³/mol. The summed E-state index contributed by atoms with van der Waals surface area (Å²) in [5, 5.41) is 6.94. The molecule has 10 nitrogen and oxygen atoms in total. The van der Waals surface area contributed by atoms with Crippen LogP contribution in [0.5, 0.6) is 0 Å². The third-order valence-electron chi connectivity index (χ3n) is 4.52. The molecule has 1 N–H and O–H groups in total. The van der Waals surface area contributed by atoms with Gasteiger partial charge in [-0.05, 0) is 82.2 Å². The summed E-state index contributed by atoms with van der Waals surface area (Å²) < 4.78 is 31.4. The monoisotopic (exact) mass is 577 g/mol. The SMILES string of the molecule is CNCc1ccc(-c2cc(-c3nc(Br)cnc3N(C(=O)OC(C)(C)C)C(=O)OC(C)(C)C)on2)c(F)c1.